The van der Waals surface area contributed by atoms with Gasteiger partial charge in [0.1, 0.15) is 0 Å². The minimum absolute atomic E-state index is 0.0829. The number of alkyl halides is 6. The summed E-state index contributed by atoms with van der Waals surface area (Å²) in [6.45, 7) is 0. The largest absolute Gasteiger partial charge is 0.416 e. The molecule has 0 atom stereocenters. The number of rotatable bonds is 3. The van der Waals surface area contributed by atoms with Crippen LogP contribution in [0.25, 0.3) is 11.4 Å². The van der Waals surface area contributed by atoms with E-state index in [1.54, 1.807) is 0 Å². The lowest BCUT2D eigenvalue weighted by atomic mass is 10.1. The molecular formula is C18H14F6N10O4. The first kappa shape index (κ1) is 27.5. The maximum absolute atomic E-state index is 12.7. The highest BCUT2D eigenvalue weighted by Crippen LogP contribution is 2.33. The molecule has 4 aromatic rings. The number of nitrogens with two attached hydrogens (primary N) is 1. The van der Waals surface area contributed by atoms with E-state index in [1.165, 1.54) is 20.2 Å². The van der Waals surface area contributed by atoms with Crippen LogP contribution in [0.15, 0.2) is 46.0 Å². The second kappa shape index (κ2) is 9.78. The quantitative estimate of drug-likeness (QED) is 0.172. The minimum Gasteiger partial charge on any atom is -0.399 e. The molecule has 38 heavy (non-hydrogen) atoms. The minimum atomic E-state index is -4.79. The summed E-state index contributed by atoms with van der Waals surface area (Å²) in [6.07, 6.45) is -9.33. The Morgan fingerprint density at radius 3 is 1.53 bits per heavy atom. The zero-order chi connectivity index (χ0) is 28.6. The number of hydrogen-bond donors (Lipinski definition) is 1. The molecule has 0 spiro atoms. The summed E-state index contributed by atoms with van der Waals surface area (Å²) in [5.41, 5.74) is 0.321. The third kappa shape index (κ3) is 5.84. The first-order valence-electron chi connectivity index (χ1n) is 9.82. The Bertz CT molecular complexity index is 1620. The van der Waals surface area contributed by atoms with Gasteiger partial charge < -0.3 is 5.73 Å². The predicted molar refractivity (Wildman–Crippen MR) is 114 cm³/mol. The molecule has 0 saturated carbocycles. The number of nitro groups is 1. The van der Waals surface area contributed by atoms with Crippen LogP contribution < -0.4 is 17.1 Å². The number of aromatic nitrogens is 8. The van der Waals surface area contributed by atoms with Crippen molar-refractivity contribution in [2.24, 2.45) is 14.1 Å². The second-order valence-corrected chi connectivity index (χ2v) is 7.40. The van der Waals surface area contributed by atoms with Crippen LogP contribution in [0.1, 0.15) is 11.1 Å². The smallest absolute Gasteiger partial charge is 0.399 e. The van der Waals surface area contributed by atoms with E-state index >= 15 is 0 Å². The van der Waals surface area contributed by atoms with Gasteiger partial charge in [0.15, 0.2) is 0 Å². The molecule has 0 bridgehead atoms. The molecule has 0 fully saturated rings. The van der Waals surface area contributed by atoms with Crippen LogP contribution in [-0.2, 0) is 26.4 Å². The van der Waals surface area contributed by atoms with E-state index in [1.807, 2.05) is 0 Å². The Hall–Kier alpha value is -5.04. The molecule has 2 heterocycles. The molecule has 2 N–H and O–H groups in total. The molecular weight excluding hydrogens is 534 g/mol. The Labute approximate surface area is 205 Å². The van der Waals surface area contributed by atoms with Gasteiger partial charge in [0, 0.05) is 31.9 Å². The van der Waals surface area contributed by atoms with Gasteiger partial charge in [-0.15, -0.1) is 0 Å². The molecule has 202 valence electrons. The third-order valence-corrected chi connectivity index (χ3v) is 4.64. The average molecular weight is 548 g/mol. The van der Waals surface area contributed by atoms with Gasteiger partial charge in [-0.05, 0) is 45.1 Å². The summed E-state index contributed by atoms with van der Waals surface area (Å²) in [6, 6.07) is 4.56. The first-order chi connectivity index (χ1) is 17.5. The summed E-state index contributed by atoms with van der Waals surface area (Å²) in [5, 5.41) is 24.2. The van der Waals surface area contributed by atoms with E-state index < -0.39 is 45.5 Å². The lowest BCUT2D eigenvalue weighted by Crippen LogP contribution is -2.22. The summed E-state index contributed by atoms with van der Waals surface area (Å²) in [5.74, 6) is 0. The second-order valence-electron chi connectivity index (χ2n) is 7.40. The van der Waals surface area contributed by atoms with Crippen molar-refractivity contribution >= 4 is 11.4 Å². The van der Waals surface area contributed by atoms with Crippen LogP contribution in [0.5, 0.6) is 0 Å². The van der Waals surface area contributed by atoms with Crippen molar-refractivity contribution in [2.75, 3.05) is 5.73 Å². The topological polar surface area (TPSA) is 175 Å². The molecule has 0 amide bonds. The van der Waals surface area contributed by atoms with Crippen molar-refractivity contribution in [2.45, 2.75) is 12.4 Å². The van der Waals surface area contributed by atoms with E-state index in [9.17, 15) is 46.0 Å². The van der Waals surface area contributed by atoms with Gasteiger partial charge >= 0.3 is 23.7 Å². The Kier molecular flexibility index (Phi) is 7.09. The molecule has 2 aromatic carbocycles. The van der Waals surface area contributed by atoms with Gasteiger partial charge in [0.05, 0.1) is 27.4 Å². The van der Waals surface area contributed by atoms with Crippen LogP contribution in [0.4, 0.5) is 37.7 Å². The number of nitro benzene ring substituents is 1. The average Bonchev–Trinajstić information content (AvgIpc) is 3.33. The standard InChI is InChI=1S/C9H6F3N5O3.C9H8F3N5O/c1-15-8(18)16(14-13-15)6-2-5(9(10,11)12)3-7(4-6)17(19)20;1-16-8(18)17(15-14-16)7-3-5(9(10,11)12)2-6(13)4-7/h2-4H,1H3;2-4H,13H2,1H3. The summed E-state index contributed by atoms with van der Waals surface area (Å²) in [7, 11) is 2.58. The zero-order valence-electron chi connectivity index (χ0n) is 19.0. The van der Waals surface area contributed by atoms with Gasteiger partial charge in [-0.3, -0.25) is 10.1 Å². The molecule has 0 radical (unpaired) electrons. The van der Waals surface area contributed by atoms with E-state index in [0.717, 1.165) is 32.2 Å². The van der Waals surface area contributed by atoms with Crippen molar-refractivity contribution in [3.63, 3.8) is 0 Å². The number of hydrogen-bond acceptors (Lipinski definition) is 9. The highest BCUT2D eigenvalue weighted by molar-refractivity contribution is 5.51. The van der Waals surface area contributed by atoms with E-state index in [4.69, 9.17) is 5.73 Å². The number of aryl methyl sites for hydroxylation is 2. The maximum atomic E-state index is 12.7. The van der Waals surface area contributed by atoms with E-state index in [-0.39, 0.29) is 17.1 Å². The van der Waals surface area contributed by atoms with Crippen molar-refractivity contribution in [3.8, 4) is 11.4 Å². The number of nitrogen functional groups attached to an aromatic ring is 1. The lowest BCUT2D eigenvalue weighted by molar-refractivity contribution is -0.385. The van der Waals surface area contributed by atoms with Crippen LogP contribution >= 0.6 is 0 Å². The van der Waals surface area contributed by atoms with Crippen molar-refractivity contribution in [1.82, 2.24) is 39.6 Å². The number of non-ortho nitro benzene ring substituents is 1. The fourth-order valence-corrected chi connectivity index (χ4v) is 2.86. The zero-order valence-corrected chi connectivity index (χ0v) is 19.0. The molecule has 4 rings (SSSR count). The van der Waals surface area contributed by atoms with Crippen LogP contribution in [-0.4, -0.2) is 44.5 Å². The van der Waals surface area contributed by atoms with Crippen LogP contribution in [0.3, 0.4) is 0 Å². The number of tetrazole rings is 2. The van der Waals surface area contributed by atoms with Gasteiger partial charge in [0.25, 0.3) is 5.69 Å². The molecule has 0 unspecified atom stereocenters. The highest BCUT2D eigenvalue weighted by Gasteiger charge is 2.33. The van der Waals surface area contributed by atoms with E-state index in [0.29, 0.717) is 16.8 Å². The van der Waals surface area contributed by atoms with Gasteiger partial charge in [0.2, 0.25) is 0 Å². The molecule has 0 aliphatic carbocycles. The number of anilines is 1. The fourth-order valence-electron chi connectivity index (χ4n) is 2.86. The van der Waals surface area contributed by atoms with Crippen molar-refractivity contribution in [3.05, 3.63) is 78.6 Å². The molecule has 14 nitrogen and oxygen atoms in total. The monoisotopic (exact) mass is 548 g/mol. The Morgan fingerprint density at radius 2 is 1.16 bits per heavy atom. The number of benzene rings is 2. The molecule has 0 saturated heterocycles. The summed E-state index contributed by atoms with van der Waals surface area (Å²) < 4.78 is 78.8. The van der Waals surface area contributed by atoms with Crippen molar-refractivity contribution in [1.29, 1.82) is 0 Å². The van der Waals surface area contributed by atoms with Crippen LogP contribution in [0, 0.1) is 10.1 Å². The SMILES string of the molecule is Cn1nnn(-c2cc(N)cc(C(F)(F)F)c2)c1=O.Cn1nnn(-c2cc([N+](=O)[O-])cc(C(F)(F)F)c2)c1=O. The summed E-state index contributed by atoms with van der Waals surface area (Å²) >= 11 is 0. The van der Waals surface area contributed by atoms with Gasteiger partial charge in [-0.25, -0.2) is 9.59 Å². The maximum Gasteiger partial charge on any atom is 0.416 e. The number of halogens is 6. The molecule has 2 aromatic heterocycles. The number of nitrogens with zero attached hydrogens (tertiary/aromatic N) is 9. The molecule has 0 aliphatic rings. The van der Waals surface area contributed by atoms with Gasteiger partial charge in [-0.2, -0.15) is 45.1 Å². The Morgan fingerprint density at radius 1 is 0.737 bits per heavy atom. The summed E-state index contributed by atoms with van der Waals surface area (Å²) in [4.78, 5) is 32.8. The predicted octanol–water partition coefficient (Wildman–Crippen LogP) is 1.46. The third-order valence-electron chi connectivity index (χ3n) is 4.64. The van der Waals surface area contributed by atoms with Gasteiger partial charge in [-0.1, -0.05) is 0 Å². The molecule has 0 aliphatic heterocycles. The first-order valence-corrected chi connectivity index (χ1v) is 9.82. The normalized spacial score (nSPS) is 11.7. The lowest BCUT2D eigenvalue weighted by Gasteiger charge is -2.09. The van der Waals surface area contributed by atoms with E-state index in [2.05, 4.69) is 20.9 Å². The Balaban J connectivity index is 0.000000212. The van der Waals surface area contributed by atoms with Crippen LogP contribution in [0.2, 0.25) is 0 Å². The highest BCUT2D eigenvalue weighted by atomic mass is 19.4. The fraction of sp³-hybridized carbons (Fsp3) is 0.222. The van der Waals surface area contributed by atoms with Crippen molar-refractivity contribution < 1.29 is 31.3 Å². The molecule has 20 heteroatoms.